The van der Waals surface area contributed by atoms with Crippen LogP contribution in [-0.2, 0) is 0 Å². The molecule has 2 rings (SSSR count). The number of hydrogen-bond acceptors (Lipinski definition) is 0. The van der Waals surface area contributed by atoms with Crippen molar-refractivity contribution in [1.82, 2.24) is 0 Å². The van der Waals surface area contributed by atoms with Crippen LogP contribution in [-0.4, -0.2) is 0 Å². The summed E-state index contributed by atoms with van der Waals surface area (Å²) in [4.78, 5) is 0. The second-order valence-corrected chi connectivity index (χ2v) is 5.82. The first-order valence-electron chi connectivity index (χ1n) is 9.28. The Morgan fingerprint density at radius 3 is 0.900 bits per heavy atom. The number of rotatable bonds is 2. The summed E-state index contributed by atoms with van der Waals surface area (Å²) < 4.78 is 0. The summed E-state index contributed by atoms with van der Waals surface area (Å²) in [7, 11) is 0. The van der Waals surface area contributed by atoms with Gasteiger partial charge in [0, 0.05) is 0 Å². The largest absolute Gasteiger partial charge is 0.0776 e. The molecule has 0 unspecified atom stereocenters. The molecule has 0 bridgehead atoms. The second kappa shape index (κ2) is 21.3. The fraction of sp³-hybridized carbons (Fsp3) is 1.00. The van der Waals surface area contributed by atoms with E-state index in [4.69, 9.17) is 0 Å². The molecule has 2 saturated carbocycles. The van der Waals surface area contributed by atoms with E-state index in [9.17, 15) is 0 Å². The fourth-order valence-electron chi connectivity index (χ4n) is 2.84. The van der Waals surface area contributed by atoms with Gasteiger partial charge in [-0.05, 0) is 11.8 Å². The van der Waals surface area contributed by atoms with E-state index in [0.29, 0.717) is 0 Å². The molecule has 0 aromatic rings. The summed E-state index contributed by atoms with van der Waals surface area (Å²) in [5, 5.41) is 0. The first kappa shape index (κ1) is 25.0. The van der Waals surface area contributed by atoms with Crippen LogP contribution < -0.4 is 0 Å². The predicted molar refractivity (Wildman–Crippen MR) is 98.5 cm³/mol. The molecule has 0 atom stereocenters. The van der Waals surface area contributed by atoms with Crippen molar-refractivity contribution in [3.63, 3.8) is 0 Å². The third-order valence-electron chi connectivity index (χ3n) is 4.10. The average molecular weight is 287 g/mol. The van der Waals surface area contributed by atoms with E-state index in [1.54, 1.807) is 0 Å². The SMILES string of the molecule is C.CC.CCC.CCC1CCCC1.CCC1CCCC1. The van der Waals surface area contributed by atoms with Gasteiger partial charge in [-0.2, -0.15) is 0 Å². The number of hydrogen-bond donors (Lipinski definition) is 0. The smallest absolute Gasteiger partial charge is 0.0417 e. The van der Waals surface area contributed by atoms with Crippen LogP contribution in [0, 0.1) is 11.8 Å². The normalized spacial score (nSPS) is 17.7. The maximum absolute atomic E-state index is 2.30. The minimum absolute atomic E-state index is 0. The van der Waals surface area contributed by atoms with Gasteiger partial charge in [-0.25, -0.2) is 0 Å². The first-order chi connectivity index (χ1) is 9.28. The van der Waals surface area contributed by atoms with Crippen molar-refractivity contribution in [2.45, 2.75) is 120 Å². The molecule has 0 heterocycles. The summed E-state index contributed by atoms with van der Waals surface area (Å²) >= 11 is 0. The van der Waals surface area contributed by atoms with Crippen LogP contribution in [0.3, 0.4) is 0 Å². The highest BCUT2D eigenvalue weighted by Gasteiger charge is 2.11. The third kappa shape index (κ3) is 16.1. The van der Waals surface area contributed by atoms with Crippen LogP contribution >= 0.6 is 0 Å². The van der Waals surface area contributed by atoms with E-state index >= 15 is 0 Å². The van der Waals surface area contributed by atoms with Gasteiger partial charge in [-0.15, -0.1) is 0 Å². The standard InChI is InChI=1S/2C7H14.C3H8.C2H6.CH4/c2*1-2-7-5-3-4-6-7;1-3-2;1-2;/h2*7H,2-6H2,1H3;3H2,1-2H3;1-2H3;1H4. The van der Waals surface area contributed by atoms with Crippen molar-refractivity contribution in [3.05, 3.63) is 0 Å². The molecule has 0 saturated heterocycles. The predicted octanol–water partition coefficient (Wildman–Crippen LogP) is 8.25. The van der Waals surface area contributed by atoms with Gasteiger partial charge in [0.15, 0.2) is 0 Å². The monoisotopic (exact) mass is 286 g/mol. The Kier molecular flexibility index (Phi) is 26.6. The molecular weight excluding hydrogens is 240 g/mol. The van der Waals surface area contributed by atoms with Crippen molar-refractivity contribution in [1.29, 1.82) is 0 Å². The van der Waals surface area contributed by atoms with Crippen molar-refractivity contribution in [2.75, 3.05) is 0 Å². The topological polar surface area (TPSA) is 0 Å². The van der Waals surface area contributed by atoms with Crippen LogP contribution in [0.2, 0.25) is 0 Å². The Balaban J connectivity index is -0.000000213. The molecule has 126 valence electrons. The van der Waals surface area contributed by atoms with Gasteiger partial charge < -0.3 is 0 Å². The molecule has 20 heavy (non-hydrogen) atoms. The van der Waals surface area contributed by atoms with Crippen LogP contribution in [0.1, 0.15) is 120 Å². The molecule has 0 aromatic heterocycles. The zero-order valence-corrected chi connectivity index (χ0v) is 14.9. The van der Waals surface area contributed by atoms with Gasteiger partial charge in [0.25, 0.3) is 0 Å². The molecule has 0 heteroatoms. The lowest BCUT2D eigenvalue weighted by molar-refractivity contribution is 0.531. The molecule has 0 aromatic carbocycles. The molecule has 0 N–H and O–H groups in total. The van der Waals surface area contributed by atoms with Crippen molar-refractivity contribution >= 4 is 0 Å². The summed E-state index contributed by atoms with van der Waals surface area (Å²) in [6, 6.07) is 0. The van der Waals surface area contributed by atoms with Gasteiger partial charge in [-0.3, -0.25) is 0 Å². The average Bonchev–Trinajstić information content (AvgIpc) is 3.15. The molecule has 2 fully saturated rings. The van der Waals surface area contributed by atoms with Crippen molar-refractivity contribution in [2.24, 2.45) is 11.8 Å². The molecule has 2 aliphatic carbocycles. The Hall–Kier alpha value is 0. The van der Waals surface area contributed by atoms with E-state index in [-0.39, 0.29) is 7.43 Å². The molecular formula is C20H46. The van der Waals surface area contributed by atoms with Gasteiger partial charge in [0.05, 0.1) is 0 Å². The zero-order valence-electron chi connectivity index (χ0n) is 14.9. The summed E-state index contributed by atoms with van der Waals surface area (Å²) in [5.74, 6) is 2.19. The second-order valence-electron chi connectivity index (χ2n) is 5.82. The maximum atomic E-state index is 2.30. The Morgan fingerprint density at radius 1 is 0.600 bits per heavy atom. The maximum Gasteiger partial charge on any atom is -0.0417 e. The van der Waals surface area contributed by atoms with Gasteiger partial charge >= 0.3 is 0 Å². The molecule has 0 spiro atoms. The van der Waals surface area contributed by atoms with E-state index in [1.165, 1.54) is 70.6 Å². The Morgan fingerprint density at radius 2 is 0.800 bits per heavy atom. The van der Waals surface area contributed by atoms with E-state index in [1.807, 2.05) is 13.8 Å². The van der Waals surface area contributed by atoms with E-state index < -0.39 is 0 Å². The summed E-state index contributed by atoms with van der Waals surface area (Å²) in [5.41, 5.74) is 0. The van der Waals surface area contributed by atoms with Crippen LogP contribution in [0.15, 0.2) is 0 Å². The Bertz CT molecular complexity index is 111. The molecule has 0 nitrogen and oxygen atoms in total. The van der Waals surface area contributed by atoms with Gasteiger partial charge in [0.2, 0.25) is 0 Å². The van der Waals surface area contributed by atoms with Crippen LogP contribution in [0.5, 0.6) is 0 Å². The lowest BCUT2D eigenvalue weighted by Gasteiger charge is -1.99. The van der Waals surface area contributed by atoms with Crippen molar-refractivity contribution < 1.29 is 0 Å². The highest BCUT2D eigenvalue weighted by molar-refractivity contribution is 4.65. The molecule has 0 amide bonds. The van der Waals surface area contributed by atoms with E-state index in [2.05, 4.69) is 27.7 Å². The minimum atomic E-state index is 0. The van der Waals surface area contributed by atoms with Crippen LogP contribution in [0.25, 0.3) is 0 Å². The molecule has 0 radical (unpaired) electrons. The molecule has 0 aliphatic heterocycles. The third-order valence-corrected chi connectivity index (χ3v) is 4.10. The fourth-order valence-corrected chi connectivity index (χ4v) is 2.84. The highest BCUT2D eigenvalue weighted by atomic mass is 14.2. The van der Waals surface area contributed by atoms with Gasteiger partial charge in [0.1, 0.15) is 0 Å². The Labute approximate surface area is 132 Å². The molecule has 2 aliphatic rings. The lowest BCUT2D eigenvalue weighted by Crippen LogP contribution is -1.86. The zero-order chi connectivity index (χ0) is 14.9. The van der Waals surface area contributed by atoms with Crippen LogP contribution in [0.4, 0.5) is 0 Å². The quantitative estimate of drug-likeness (QED) is 0.479. The summed E-state index contributed by atoms with van der Waals surface area (Å²) in [6.45, 7) is 12.9. The van der Waals surface area contributed by atoms with Crippen molar-refractivity contribution in [3.8, 4) is 0 Å². The minimum Gasteiger partial charge on any atom is -0.0776 e. The van der Waals surface area contributed by atoms with E-state index in [0.717, 1.165) is 11.8 Å². The summed E-state index contributed by atoms with van der Waals surface area (Å²) in [6.07, 6.45) is 16.1. The lowest BCUT2D eigenvalue weighted by atomic mass is 10.1. The van der Waals surface area contributed by atoms with Gasteiger partial charge in [-0.1, -0.05) is 120 Å². The first-order valence-corrected chi connectivity index (χ1v) is 9.28. The highest BCUT2D eigenvalue weighted by Crippen LogP contribution is 2.27.